The fourth-order valence-electron chi connectivity index (χ4n) is 3.17. The summed E-state index contributed by atoms with van der Waals surface area (Å²) in [4.78, 5) is 0. The van der Waals surface area contributed by atoms with Gasteiger partial charge in [0.05, 0.1) is 0 Å². The summed E-state index contributed by atoms with van der Waals surface area (Å²) in [7, 11) is 0. The van der Waals surface area contributed by atoms with Crippen molar-refractivity contribution in [2.24, 2.45) is 17.8 Å². The molecular weight excluding hydrogens is 156 g/mol. The molecule has 1 fully saturated rings. The first-order valence-electron chi connectivity index (χ1n) is 5.49. The molecule has 0 aliphatic heterocycles. The highest BCUT2D eigenvalue weighted by molar-refractivity contribution is 5.32. The smallest absolute Gasteiger partial charge is 0.00485 e. The summed E-state index contributed by atoms with van der Waals surface area (Å²) in [6.07, 6.45) is 17.4. The Morgan fingerprint density at radius 1 is 1.15 bits per heavy atom. The maximum atomic E-state index is 2.47. The average Bonchev–Trinajstić information content (AvgIpc) is 2.65. The number of hydrogen-bond acceptors (Lipinski definition) is 0. The fraction of sp³-hybridized carbons (Fsp3) is 0.538. The summed E-state index contributed by atoms with van der Waals surface area (Å²) in [5.74, 6) is 2.60. The number of rotatable bonds is 0. The zero-order chi connectivity index (χ0) is 8.67. The Balaban J connectivity index is 1.93. The van der Waals surface area contributed by atoms with Gasteiger partial charge in [-0.15, -0.1) is 0 Å². The molecule has 0 heteroatoms. The van der Waals surface area contributed by atoms with Crippen LogP contribution in [0.3, 0.4) is 0 Å². The molecule has 0 amide bonds. The summed E-state index contributed by atoms with van der Waals surface area (Å²) >= 11 is 0. The molecule has 0 saturated heterocycles. The molecule has 0 nitrogen and oxygen atoms in total. The minimum absolute atomic E-state index is 0.773. The lowest BCUT2D eigenvalue weighted by Crippen LogP contribution is -2.28. The van der Waals surface area contributed by atoms with Gasteiger partial charge in [0, 0.05) is 5.92 Å². The van der Waals surface area contributed by atoms with E-state index >= 15 is 0 Å². The van der Waals surface area contributed by atoms with E-state index in [2.05, 4.69) is 30.4 Å². The van der Waals surface area contributed by atoms with Gasteiger partial charge in [0.15, 0.2) is 0 Å². The van der Waals surface area contributed by atoms with Crippen LogP contribution < -0.4 is 0 Å². The Morgan fingerprint density at radius 2 is 2.15 bits per heavy atom. The summed E-state index contributed by atoms with van der Waals surface area (Å²) in [5, 5.41) is 0. The van der Waals surface area contributed by atoms with Crippen molar-refractivity contribution < 1.29 is 0 Å². The third-order valence-electron chi connectivity index (χ3n) is 3.88. The van der Waals surface area contributed by atoms with E-state index in [0.29, 0.717) is 0 Å². The molecule has 0 aromatic carbocycles. The van der Waals surface area contributed by atoms with Gasteiger partial charge in [-0.05, 0) is 37.5 Å². The molecule has 3 aliphatic rings. The maximum Gasteiger partial charge on any atom is 0.00485 e. The third-order valence-corrected chi connectivity index (χ3v) is 3.88. The first-order valence-corrected chi connectivity index (χ1v) is 5.49. The van der Waals surface area contributed by atoms with Crippen LogP contribution in [0.1, 0.15) is 25.7 Å². The van der Waals surface area contributed by atoms with Crippen molar-refractivity contribution in [3.63, 3.8) is 0 Å². The second-order valence-corrected chi connectivity index (χ2v) is 4.53. The van der Waals surface area contributed by atoms with Crippen LogP contribution in [0.5, 0.6) is 0 Å². The lowest BCUT2D eigenvalue weighted by atomic mass is 9.67. The van der Waals surface area contributed by atoms with E-state index in [4.69, 9.17) is 0 Å². The van der Waals surface area contributed by atoms with Gasteiger partial charge in [0.1, 0.15) is 0 Å². The molecule has 1 saturated carbocycles. The Hall–Kier alpha value is -0.780. The van der Waals surface area contributed by atoms with Crippen molar-refractivity contribution in [1.29, 1.82) is 0 Å². The first kappa shape index (κ1) is 7.61. The minimum Gasteiger partial charge on any atom is -0.0882 e. The molecule has 68 valence electrons. The number of hydrogen-bond donors (Lipinski definition) is 0. The molecule has 0 N–H and O–H groups in total. The highest BCUT2D eigenvalue weighted by Gasteiger charge is 2.34. The van der Waals surface area contributed by atoms with E-state index < -0.39 is 0 Å². The largest absolute Gasteiger partial charge is 0.0882 e. The van der Waals surface area contributed by atoms with E-state index in [-0.39, 0.29) is 0 Å². The molecule has 0 bridgehead atoms. The first-order chi connectivity index (χ1) is 6.45. The van der Waals surface area contributed by atoms with Crippen LogP contribution in [0.15, 0.2) is 36.0 Å². The highest BCUT2D eigenvalue weighted by atomic mass is 14.4. The maximum absolute atomic E-state index is 2.47. The standard InChI is InChI=1S/C13H16/c1-2-6-12-10(4-1)8-9-11-5-3-7-13(11)12/h2-3,5-7,10,12-13H,1,4,8-9H2. The van der Waals surface area contributed by atoms with Crippen molar-refractivity contribution in [3.05, 3.63) is 36.0 Å². The van der Waals surface area contributed by atoms with Crippen molar-refractivity contribution >= 4 is 0 Å². The van der Waals surface area contributed by atoms with Crippen LogP contribution in [0.25, 0.3) is 0 Å². The van der Waals surface area contributed by atoms with Crippen molar-refractivity contribution in [1.82, 2.24) is 0 Å². The van der Waals surface area contributed by atoms with Gasteiger partial charge in [0.25, 0.3) is 0 Å². The highest BCUT2D eigenvalue weighted by Crippen LogP contribution is 2.45. The van der Waals surface area contributed by atoms with E-state index in [1.54, 1.807) is 5.57 Å². The Bertz CT molecular complexity index is 293. The van der Waals surface area contributed by atoms with Crippen molar-refractivity contribution in [2.45, 2.75) is 25.7 Å². The van der Waals surface area contributed by atoms with Gasteiger partial charge >= 0.3 is 0 Å². The lowest BCUT2D eigenvalue weighted by molar-refractivity contribution is 0.259. The predicted octanol–water partition coefficient (Wildman–Crippen LogP) is 3.48. The summed E-state index contributed by atoms with van der Waals surface area (Å²) in [6, 6.07) is 0. The number of allylic oxidation sites excluding steroid dienone is 6. The van der Waals surface area contributed by atoms with Gasteiger partial charge < -0.3 is 0 Å². The Morgan fingerprint density at radius 3 is 3.15 bits per heavy atom. The van der Waals surface area contributed by atoms with E-state index in [9.17, 15) is 0 Å². The lowest BCUT2D eigenvalue weighted by Gasteiger charge is -2.37. The second-order valence-electron chi connectivity index (χ2n) is 4.53. The number of fused-ring (bicyclic) bond motifs is 3. The van der Waals surface area contributed by atoms with E-state index in [1.807, 2.05) is 0 Å². The van der Waals surface area contributed by atoms with Gasteiger partial charge in [-0.2, -0.15) is 0 Å². The zero-order valence-electron chi connectivity index (χ0n) is 7.95. The molecule has 13 heavy (non-hydrogen) atoms. The van der Waals surface area contributed by atoms with E-state index in [0.717, 1.165) is 17.8 Å². The van der Waals surface area contributed by atoms with Crippen molar-refractivity contribution in [3.8, 4) is 0 Å². The van der Waals surface area contributed by atoms with Crippen LogP contribution in [0.2, 0.25) is 0 Å². The molecule has 0 heterocycles. The average molecular weight is 172 g/mol. The molecule has 0 spiro atoms. The second kappa shape index (κ2) is 2.87. The molecule has 0 radical (unpaired) electrons. The van der Waals surface area contributed by atoms with Gasteiger partial charge in [-0.3, -0.25) is 0 Å². The topological polar surface area (TPSA) is 0 Å². The molecule has 0 aromatic heterocycles. The molecule has 3 unspecified atom stereocenters. The molecule has 3 aliphatic carbocycles. The fourth-order valence-corrected chi connectivity index (χ4v) is 3.17. The van der Waals surface area contributed by atoms with Crippen LogP contribution in [0.4, 0.5) is 0 Å². The summed E-state index contributed by atoms with van der Waals surface area (Å²) in [6.45, 7) is 0. The van der Waals surface area contributed by atoms with E-state index in [1.165, 1.54) is 25.7 Å². The predicted molar refractivity (Wildman–Crippen MR) is 55.3 cm³/mol. The van der Waals surface area contributed by atoms with Gasteiger partial charge in [-0.25, -0.2) is 0 Å². The Labute approximate surface area is 80.0 Å². The molecule has 3 atom stereocenters. The van der Waals surface area contributed by atoms with Gasteiger partial charge in [-0.1, -0.05) is 36.0 Å². The quantitative estimate of drug-likeness (QED) is 0.491. The Kier molecular flexibility index (Phi) is 1.68. The van der Waals surface area contributed by atoms with Crippen LogP contribution in [-0.4, -0.2) is 0 Å². The van der Waals surface area contributed by atoms with Crippen molar-refractivity contribution in [2.75, 3.05) is 0 Å². The molecular formula is C13H16. The SMILES string of the molecule is C1=CC2C(=C1)CCC1CCC=CC12. The normalized spacial score (nSPS) is 41.2. The third kappa shape index (κ3) is 1.12. The summed E-state index contributed by atoms with van der Waals surface area (Å²) < 4.78 is 0. The van der Waals surface area contributed by atoms with Crippen LogP contribution in [0, 0.1) is 17.8 Å². The minimum atomic E-state index is 0.773. The van der Waals surface area contributed by atoms with Crippen LogP contribution in [-0.2, 0) is 0 Å². The summed E-state index contributed by atoms with van der Waals surface area (Å²) in [5.41, 5.74) is 1.69. The van der Waals surface area contributed by atoms with Gasteiger partial charge in [0.2, 0.25) is 0 Å². The molecule has 0 aromatic rings. The van der Waals surface area contributed by atoms with Crippen LogP contribution >= 0.6 is 0 Å². The monoisotopic (exact) mass is 172 g/mol. The molecule has 3 rings (SSSR count). The zero-order valence-corrected chi connectivity index (χ0v) is 7.95.